The number of carbonyl (C=O) groups excluding carboxylic acids is 1. The first-order chi connectivity index (χ1) is 6.45. The highest BCUT2D eigenvalue weighted by atomic mass is 19.4. The number of carbonyl (C=O) groups is 1. The summed E-state index contributed by atoms with van der Waals surface area (Å²) in [6.45, 7) is 6.57. The quantitative estimate of drug-likeness (QED) is 0.503. The van der Waals surface area contributed by atoms with Gasteiger partial charge < -0.3 is 0 Å². The molecule has 0 aromatic heterocycles. The van der Waals surface area contributed by atoms with Gasteiger partial charge in [0.2, 0.25) is 0 Å². The second kappa shape index (κ2) is 3.50. The molecular weight excluding hydrogens is 195 g/mol. The number of alkyl halides is 3. The first-order valence-electron chi connectivity index (χ1n) is 3.54. The van der Waals surface area contributed by atoms with Crippen molar-refractivity contribution in [1.29, 1.82) is 0 Å². The van der Waals surface area contributed by atoms with Crippen LogP contribution < -0.4 is 0 Å². The van der Waals surface area contributed by atoms with Gasteiger partial charge in [-0.25, -0.2) is 4.85 Å². The Hall–Kier alpha value is -1.83. The molecule has 0 spiro atoms. The smallest absolute Gasteiger partial charge is 0.284 e. The van der Waals surface area contributed by atoms with Crippen LogP contribution in [0.25, 0.3) is 4.85 Å². The summed E-state index contributed by atoms with van der Waals surface area (Å²) < 4.78 is 35.8. The van der Waals surface area contributed by atoms with E-state index >= 15 is 0 Å². The molecule has 0 atom stereocenters. The first-order valence-corrected chi connectivity index (χ1v) is 3.54. The van der Waals surface area contributed by atoms with Gasteiger partial charge in [0.1, 0.15) is 0 Å². The van der Waals surface area contributed by atoms with E-state index in [4.69, 9.17) is 6.57 Å². The van der Waals surface area contributed by atoms with E-state index in [-0.39, 0.29) is 5.69 Å². The van der Waals surface area contributed by atoms with Gasteiger partial charge in [0, 0.05) is 5.56 Å². The van der Waals surface area contributed by atoms with Crippen LogP contribution in [-0.2, 0) is 0 Å². The van der Waals surface area contributed by atoms with Gasteiger partial charge in [0.25, 0.3) is 5.78 Å². The molecule has 1 rings (SSSR count). The highest BCUT2D eigenvalue weighted by Gasteiger charge is 2.39. The fraction of sp³-hybridized carbons (Fsp3) is 0.111. The lowest BCUT2D eigenvalue weighted by molar-refractivity contribution is -0.0885. The zero-order valence-electron chi connectivity index (χ0n) is 6.80. The largest absolute Gasteiger partial charge is 0.454 e. The molecule has 14 heavy (non-hydrogen) atoms. The Morgan fingerprint density at radius 2 is 2.00 bits per heavy atom. The second-order valence-electron chi connectivity index (χ2n) is 2.49. The zero-order chi connectivity index (χ0) is 10.8. The van der Waals surface area contributed by atoms with Gasteiger partial charge >= 0.3 is 6.18 Å². The number of hydrogen-bond acceptors (Lipinski definition) is 1. The van der Waals surface area contributed by atoms with Crippen LogP contribution in [0.2, 0.25) is 0 Å². The fourth-order valence-electron chi connectivity index (χ4n) is 0.880. The molecule has 0 saturated carbocycles. The molecule has 0 amide bonds. The predicted octanol–water partition coefficient (Wildman–Crippen LogP) is 2.98. The van der Waals surface area contributed by atoms with Crippen molar-refractivity contribution in [2.75, 3.05) is 0 Å². The van der Waals surface area contributed by atoms with Crippen molar-refractivity contribution < 1.29 is 18.0 Å². The van der Waals surface area contributed by atoms with Crippen LogP contribution in [0, 0.1) is 6.57 Å². The Kier molecular flexibility index (Phi) is 2.56. The van der Waals surface area contributed by atoms with Crippen molar-refractivity contribution in [3.05, 3.63) is 41.2 Å². The number of benzene rings is 1. The molecular formula is C9H4F3NO. The molecule has 0 radical (unpaired) electrons. The summed E-state index contributed by atoms with van der Waals surface area (Å²) >= 11 is 0. The number of hydrogen-bond donors (Lipinski definition) is 0. The molecule has 0 fully saturated rings. The van der Waals surface area contributed by atoms with Crippen molar-refractivity contribution in [3.8, 4) is 0 Å². The third-order valence-electron chi connectivity index (χ3n) is 1.49. The Morgan fingerprint density at radius 1 is 1.36 bits per heavy atom. The van der Waals surface area contributed by atoms with Crippen LogP contribution >= 0.6 is 0 Å². The minimum atomic E-state index is -4.89. The van der Waals surface area contributed by atoms with Crippen molar-refractivity contribution in [2.24, 2.45) is 0 Å². The van der Waals surface area contributed by atoms with Gasteiger partial charge in [-0.2, -0.15) is 13.2 Å². The summed E-state index contributed by atoms with van der Waals surface area (Å²) in [5, 5.41) is 0. The molecule has 0 heterocycles. The third kappa shape index (κ3) is 2.10. The lowest BCUT2D eigenvalue weighted by atomic mass is 10.1. The molecule has 0 N–H and O–H groups in total. The molecule has 0 aliphatic heterocycles. The topological polar surface area (TPSA) is 21.4 Å². The molecule has 1 aromatic carbocycles. The average Bonchev–Trinajstić information content (AvgIpc) is 2.15. The lowest BCUT2D eigenvalue weighted by Gasteiger charge is -2.04. The number of ketones is 1. The molecule has 0 bridgehead atoms. The SMILES string of the molecule is [C-]#[N+]c1cccc(C(=O)C(F)(F)F)c1. The van der Waals surface area contributed by atoms with Crippen molar-refractivity contribution in [3.63, 3.8) is 0 Å². The zero-order valence-corrected chi connectivity index (χ0v) is 6.80. The summed E-state index contributed by atoms with van der Waals surface area (Å²) in [4.78, 5) is 13.6. The van der Waals surface area contributed by atoms with Crippen molar-refractivity contribution in [2.45, 2.75) is 6.18 Å². The number of halogens is 3. The van der Waals surface area contributed by atoms with Crippen LogP contribution in [0.1, 0.15) is 10.4 Å². The van der Waals surface area contributed by atoms with E-state index in [0.717, 1.165) is 12.1 Å². The van der Waals surface area contributed by atoms with Gasteiger partial charge in [0.15, 0.2) is 5.69 Å². The van der Waals surface area contributed by atoms with E-state index in [1.165, 1.54) is 12.1 Å². The normalized spacial score (nSPS) is 10.7. The van der Waals surface area contributed by atoms with E-state index in [2.05, 4.69) is 4.85 Å². The molecule has 1 aromatic rings. The monoisotopic (exact) mass is 199 g/mol. The van der Waals surface area contributed by atoms with Gasteiger partial charge in [0.05, 0.1) is 6.57 Å². The van der Waals surface area contributed by atoms with Gasteiger partial charge in [-0.05, 0) is 6.07 Å². The molecule has 0 aliphatic rings. The lowest BCUT2D eigenvalue weighted by Crippen LogP contribution is -2.22. The second-order valence-corrected chi connectivity index (χ2v) is 2.49. The molecule has 2 nitrogen and oxygen atoms in total. The number of Topliss-reactive ketones (excluding diaryl/α,β-unsaturated/α-hetero) is 1. The van der Waals surface area contributed by atoms with E-state index < -0.39 is 17.5 Å². The van der Waals surface area contributed by atoms with Crippen LogP contribution in [0.5, 0.6) is 0 Å². The maximum Gasteiger partial charge on any atom is 0.454 e. The Balaban J connectivity index is 3.10. The van der Waals surface area contributed by atoms with E-state index in [1.807, 2.05) is 0 Å². The third-order valence-corrected chi connectivity index (χ3v) is 1.49. The summed E-state index contributed by atoms with van der Waals surface area (Å²) in [6, 6.07) is 4.53. The first kappa shape index (κ1) is 10.3. The minimum absolute atomic E-state index is 0.0140. The standard InChI is InChI=1S/C9H4F3NO/c1-13-7-4-2-3-6(5-7)8(14)9(10,11)12/h2-5H. The molecule has 0 aliphatic carbocycles. The number of rotatable bonds is 1. The highest BCUT2D eigenvalue weighted by molar-refractivity contribution is 6.00. The highest BCUT2D eigenvalue weighted by Crippen LogP contribution is 2.23. The number of nitrogens with zero attached hydrogens (tertiary/aromatic N) is 1. The summed E-state index contributed by atoms with van der Waals surface area (Å²) in [5.74, 6) is -1.93. The predicted molar refractivity (Wildman–Crippen MR) is 43.1 cm³/mol. The van der Waals surface area contributed by atoms with Crippen molar-refractivity contribution in [1.82, 2.24) is 0 Å². The molecule has 0 saturated heterocycles. The van der Waals surface area contributed by atoms with Crippen molar-refractivity contribution >= 4 is 11.5 Å². The Labute approximate surface area is 77.8 Å². The molecule has 5 heteroatoms. The van der Waals surface area contributed by atoms with E-state index in [9.17, 15) is 18.0 Å². The molecule has 72 valence electrons. The van der Waals surface area contributed by atoms with Crippen LogP contribution in [0.15, 0.2) is 24.3 Å². The van der Waals surface area contributed by atoms with E-state index in [1.54, 1.807) is 0 Å². The van der Waals surface area contributed by atoms with E-state index in [0.29, 0.717) is 0 Å². The van der Waals surface area contributed by atoms with Gasteiger partial charge in [-0.15, -0.1) is 0 Å². The summed E-state index contributed by atoms with van der Waals surface area (Å²) in [6.07, 6.45) is -4.89. The summed E-state index contributed by atoms with van der Waals surface area (Å²) in [5.41, 5.74) is -0.494. The minimum Gasteiger partial charge on any atom is -0.284 e. The van der Waals surface area contributed by atoms with Gasteiger partial charge in [-0.3, -0.25) is 4.79 Å². The maximum atomic E-state index is 11.9. The molecule has 0 unspecified atom stereocenters. The van der Waals surface area contributed by atoms with Crippen LogP contribution in [0.4, 0.5) is 18.9 Å². The Morgan fingerprint density at radius 3 is 2.50 bits per heavy atom. The average molecular weight is 199 g/mol. The summed E-state index contributed by atoms with van der Waals surface area (Å²) in [7, 11) is 0. The van der Waals surface area contributed by atoms with Crippen LogP contribution in [0.3, 0.4) is 0 Å². The maximum absolute atomic E-state index is 11.9. The fourth-order valence-corrected chi connectivity index (χ4v) is 0.880. The van der Waals surface area contributed by atoms with Gasteiger partial charge in [-0.1, -0.05) is 18.2 Å². The Bertz CT molecular complexity index is 403. The van der Waals surface area contributed by atoms with Crippen LogP contribution in [-0.4, -0.2) is 12.0 Å².